The fourth-order valence-corrected chi connectivity index (χ4v) is 4.77. The third-order valence-corrected chi connectivity index (χ3v) is 6.54. The number of Topliss-reactive ketones (excluding diaryl/α,β-unsaturated/α-hetero) is 1. The monoisotopic (exact) mass is 402 g/mol. The maximum Gasteiger partial charge on any atom is 0.269 e. The van der Waals surface area contributed by atoms with E-state index >= 15 is 0 Å². The lowest BCUT2D eigenvalue weighted by atomic mass is 9.80. The van der Waals surface area contributed by atoms with Crippen molar-refractivity contribution in [3.8, 4) is 0 Å². The molecule has 1 aliphatic rings. The Balaban J connectivity index is 1.97. The lowest BCUT2D eigenvalue weighted by molar-refractivity contribution is -0.384. The standard InChI is InChI=1S/C20H22N2O5S/c1-14-6-12-17(13-7-14)28(26,27)21-20(18-4-2-3-5-19(18)23)15-8-10-16(11-9-15)22(24)25/h6-13,18,20-21H,2-5H2,1H3. The van der Waals surface area contributed by atoms with E-state index in [0.29, 0.717) is 18.4 Å². The molecule has 2 aromatic carbocycles. The van der Waals surface area contributed by atoms with Gasteiger partial charge in [0, 0.05) is 24.5 Å². The number of aryl methyl sites for hydroxylation is 1. The van der Waals surface area contributed by atoms with Crippen LogP contribution in [0.1, 0.15) is 42.9 Å². The highest BCUT2D eigenvalue weighted by Crippen LogP contribution is 2.34. The van der Waals surface area contributed by atoms with Gasteiger partial charge < -0.3 is 0 Å². The second kappa shape index (κ2) is 8.20. The first-order valence-electron chi connectivity index (χ1n) is 9.14. The molecule has 1 N–H and O–H groups in total. The van der Waals surface area contributed by atoms with E-state index < -0.39 is 26.9 Å². The molecular weight excluding hydrogens is 380 g/mol. The van der Waals surface area contributed by atoms with Gasteiger partial charge in [-0.1, -0.05) is 36.2 Å². The van der Waals surface area contributed by atoms with E-state index in [9.17, 15) is 23.3 Å². The third kappa shape index (κ3) is 4.45. The summed E-state index contributed by atoms with van der Waals surface area (Å²) in [6, 6.07) is 11.4. The minimum atomic E-state index is -3.86. The lowest BCUT2D eigenvalue weighted by Gasteiger charge is -2.30. The molecule has 0 amide bonds. The Morgan fingerprint density at radius 1 is 1.07 bits per heavy atom. The fraction of sp³-hybridized carbons (Fsp3) is 0.350. The molecular formula is C20H22N2O5S. The Bertz CT molecular complexity index is 969. The van der Waals surface area contributed by atoms with Crippen LogP contribution in [0.3, 0.4) is 0 Å². The predicted octanol–water partition coefficient (Wildman–Crippen LogP) is 3.68. The summed E-state index contributed by atoms with van der Waals surface area (Å²) < 4.78 is 28.5. The number of nitrogens with zero attached hydrogens (tertiary/aromatic N) is 1. The quantitative estimate of drug-likeness (QED) is 0.586. The molecule has 2 atom stereocenters. The van der Waals surface area contributed by atoms with Crippen LogP contribution in [0, 0.1) is 23.0 Å². The number of sulfonamides is 1. The number of nitro benzene ring substituents is 1. The van der Waals surface area contributed by atoms with E-state index in [0.717, 1.165) is 18.4 Å². The molecule has 0 bridgehead atoms. The zero-order valence-electron chi connectivity index (χ0n) is 15.5. The number of carbonyl (C=O) groups is 1. The van der Waals surface area contributed by atoms with Gasteiger partial charge in [-0.05, 0) is 37.5 Å². The first-order chi connectivity index (χ1) is 13.3. The van der Waals surface area contributed by atoms with Crippen molar-refractivity contribution in [2.75, 3.05) is 0 Å². The van der Waals surface area contributed by atoms with Gasteiger partial charge in [0.05, 0.1) is 15.9 Å². The highest BCUT2D eigenvalue weighted by atomic mass is 32.2. The molecule has 2 unspecified atom stereocenters. The van der Waals surface area contributed by atoms with Gasteiger partial charge in [0.15, 0.2) is 0 Å². The van der Waals surface area contributed by atoms with Crippen molar-refractivity contribution in [1.29, 1.82) is 0 Å². The van der Waals surface area contributed by atoms with Crippen LogP contribution in [0.4, 0.5) is 5.69 Å². The number of benzene rings is 2. The van der Waals surface area contributed by atoms with E-state index in [2.05, 4.69) is 4.72 Å². The molecule has 0 spiro atoms. The Labute approximate surface area is 164 Å². The van der Waals surface area contributed by atoms with Crippen molar-refractivity contribution in [2.45, 2.75) is 43.5 Å². The van der Waals surface area contributed by atoms with Crippen molar-refractivity contribution in [3.63, 3.8) is 0 Å². The minimum Gasteiger partial charge on any atom is -0.299 e. The van der Waals surface area contributed by atoms with Crippen LogP contribution < -0.4 is 4.72 Å². The molecule has 0 heterocycles. The van der Waals surface area contributed by atoms with E-state index in [4.69, 9.17) is 0 Å². The maximum absolute atomic E-state index is 12.9. The summed E-state index contributed by atoms with van der Waals surface area (Å²) in [6.45, 7) is 1.87. The number of rotatable bonds is 6. The predicted molar refractivity (Wildman–Crippen MR) is 104 cm³/mol. The normalized spacial score (nSPS) is 18.6. The van der Waals surface area contributed by atoms with Crippen LogP contribution >= 0.6 is 0 Å². The van der Waals surface area contributed by atoms with Crippen molar-refractivity contribution < 1.29 is 18.1 Å². The van der Waals surface area contributed by atoms with E-state index in [1.165, 1.54) is 36.4 Å². The van der Waals surface area contributed by atoms with E-state index in [-0.39, 0.29) is 16.4 Å². The van der Waals surface area contributed by atoms with Crippen molar-refractivity contribution in [1.82, 2.24) is 4.72 Å². The average Bonchev–Trinajstić information content (AvgIpc) is 2.67. The molecule has 0 aliphatic heterocycles. The molecule has 7 nitrogen and oxygen atoms in total. The van der Waals surface area contributed by atoms with Gasteiger partial charge in [-0.3, -0.25) is 14.9 Å². The first kappa shape index (κ1) is 20.2. The van der Waals surface area contributed by atoms with Crippen molar-refractivity contribution >= 4 is 21.5 Å². The Morgan fingerprint density at radius 3 is 2.29 bits per heavy atom. The molecule has 1 fully saturated rings. The topological polar surface area (TPSA) is 106 Å². The van der Waals surface area contributed by atoms with Crippen LogP contribution in [0.5, 0.6) is 0 Å². The first-order valence-corrected chi connectivity index (χ1v) is 10.6. The van der Waals surface area contributed by atoms with E-state index in [1.54, 1.807) is 12.1 Å². The van der Waals surface area contributed by atoms with Crippen LogP contribution in [-0.2, 0) is 14.8 Å². The van der Waals surface area contributed by atoms with Crippen LogP contribution in [0.25, 0.3) is 0 Å². The Hall–Kier alpha value is -2.58. The van der Waals surface area contributed by atoms with Gasteiger partial charge in [-0.25, -0.2) is 13.1 Å². The number of non-ortho nitro benzene ring substituents is 1. The summed E-state index contributed by atoms with van der Waals surface area (Å²) in [5.74, 6) is -0.475. The molecule has 0 aromatic heterocycles. The summed E-state index contributed by atoms with van der Waals surface area (Å²) >= 11 is 0. The molecule has 1 saturated carbocycles. The van der Waals surface area contributed by atoms with Gasteiger partial charge in [-0.15, -0.1) is 0 Å². The SMILES string of the molecule is Cc1ccc(S(=O)(=O)NC(c2ccc([N+](=O)[O-])cc2)C2CCCCC2=O)cc1. The maximum atomic E-state index is 12.9. The third-order valence-electron chi connectivity index (χ3n) is 5.08. The molecule has 0 radical (unpaired) electrons. The Morgan fingerprint density at radius 2 is 1.71 bits per heavy atom. The number of nitro groups is 1. The minimum absolute atomic E-state index is 0.0150. The largest absolute Gasteiger partial charge is 0.299 e. The molecule has 1 aliphatic carbocycles. The summed E-state index contributed by atoms with van der Waals surface area (Å²) in [7, 11) is -3.86. The van der Waals surface area contributed by atoms with Gasteiger partial charge in [0.25, 0.3) is 5.69 Å². The molecule has 148 valence electrons. The van der Waals surface area contributed by atoms with Gasteiger partial charge in [0.2, 0.25) is 10.0 Å². The summed E-state index contributed by atoms with van der Waals surface area (Å²) in [6.07, 6.45) is 2.64. The van der Waals surface area contributed by atoms with Crippen LogP contribution in [0.2, 0.25) is 0 Å². The number of ketones is 1. The number of hydrogen-bond donors (Lipinski definition) is 1. The van der Waals surface area contributed by atoms with E-state index in [1.807, 2.05) is 6.92 Å². The molecule has 8 heteroatoms. The highest BCUT2D eigenvalue weighted by molar-refractivity contribution is 7.89. The number of carbonyl (C=O) groups excluding carboxylic acids is 1. The number of hydrogen-bond acceptors (Lipinski definition) is 5. The van der Waals surface area contributed by atoms with Gasteiger partial charge in [0.1, 0.15) is 5.78 Å². The summed E-state index contributed by atoms with van der Waals surface area (Å²) in [4.78, 5) is 23.0. The van der Waals surface area contributed by atoms with Crippen LogP contribution in [-0.4, -0.2) is 19.1 Å². The van der Waals surface area contributed by atoms with Crippen molar-refractivity contribution in [2.24, 2.45) is 5.92 Å². The van der Waals surface area contributed by atoms with Crippen LogP contribution in [0.15, 0.2) is 53.4 Å². The van der Waals surface area contributed by atoms with Gasteiger partial charge in [-0.2, -0.15) is 0 Å². The molecule has 0 saturated heterocycles. The second-order valence-electron chi connectivity index (χ2n) is 7.08. The zero-order chi connectivity index (χ0) is 20.3. The lowest BCUT2D eigenvalue weighted by Crippen LogP contribution is -2.38. The molecule has 28 heavy (non-hydrogen) atoms. The zero-order valence-corrected chi connectivity index (χ0v) is 16.3. The summed E-state index contributed by atoms with van der Waals surface area (Å²) in [5, 5.41) is 10.9. The molecule has 3 rings (SSSR count). The average molecular weight is 402 g/mol. The Kier molecular flexibility index (Phi) is 5.90. The fourth-order valence-electron chi connectivity index (χ4n) is 3.50. The second-order valence-corrected chi connectivity index (χ2v) is 8.79. The van der Waals surface area contributed by atoms with Gasteiger partial charge >= 0.3 is 0 Å². The molecule has 2 aromatic rings. The number of nitrogens with one attached hydrogen (secondary N) is 1. The summed E-state index contributed by atoms with van der Waals surface area (Å²) in [5.41, 5.74) is 1.40. The smallest absolute Gasteiger partial charge is 0.269 e. The van der Waals surface area contributed by atoms with Crippen molar-refractivity contribution in [3.05, 3.63) is 69.8 Å². The highest BCUT2D eigenvalue weighted by Gasteiger charge is 2.34.